The molecule has 1 aromatic carbocycles. The number of likely N-dealkylation sites (tertiary alicyclic amines) is 1. The van der Waals surface area contributed by atoms with Crippen LogP contribution in [0.2, 0.25) is 0 Å². The van der Waals surface area contributed by atoms with Gasteiger partial charge < -0.3 is 0 Å². The molecule has 0 aliphatic carbocycles. The molecular formula is C19H21N5. The van der Waals surface area contributed by atoms with Gasteiger partial charge in [-0.3, -0.25) is 14.5 Å². The maximum absolute atomic E-state index is 4.87. The predicted molar refractivity (Wildman–Crippen MR) is 92.7 cm³/mol. The maximum Gasteiger partial charge on any atom is 0.156 e. The zero-order valence-corrected chi connectivity index (χ0v) is 13.8. The van der Waals surface area contributed by atoms with Crippen LogP contribution in [0.4, 0.5) is 0 Å². The Bertz CT molecular complexity index is 811. The van der Waals surface area contributed by atoms with Gasteiger partial charge in [0.25, 0.3) is 0 Å². The van der Waals surface area contributed by atoms with Crippen molar-refractivity contribution in [3.05, 3.63) is 72.2 Å². The molecule has 0 radical (unpaired) electrons. The molecule has 5 nitrogen and oxygen atoms in total. The third-order valence-electron chi connectivity index (χ3n) is 4.65. The molecule has 0 unspecified atom stereocenters. The Morgan fingerprint density at radius 3 is 2.83 bits per heavy atom. The SMILES string of the molecule is Cc1nccn1-c1cncc([C@H]2CCCN2Cc2ccccc2)n1. The maximum atomic E-state index is 4.87. The van der Waals surface area contributed by atoms with Crippen LogP contribution in [-0.4, -0.2) is 31.0 Å². The highest BCUT2D eigenvalue weighted by Gasteiger charge is 2.27. The molecule has 1 aliphatic heterocycles. The van der Waals surface area contributed by atoms with Gasteiger partial charge >= 0.3 is 0 Å². The molecule has 0 N–H and O–H groups in total. The molecule has 2 aromatic heterocycles. The first-order chi connectivity index (χ1) is 11.8. The first-order valence-electron chi connectivity index (χ1n) is 8.41. The van der Waals surface area contributed by atoms with Crippen LogP contribution in [0.3, 0.4) is 0 Å². The summed E-state index contributed by atoms with van der Waals surface area (Å²) in [5.74, 6) is 1.77. The summed E-state index contributed by atoms with van der Waals surface area (Å²) in [5, 5.41) is 0. The highest BCUT2D eigenvalue weighted by molar-refractivity contribution is 5.24. The number of nitrogens with zero attached hydrogens (tertiary/aromatic N) is 5. The van der Waals surface area contributed by atoms with Gasteiger partial charge in [-0.1, -0.05) is 30.3 Å². The topological polar surface area (TPSA) is 46.8 Å². The van der Waals surface area contributed by atoms with Crippen molar-refractivity contribution in [2.45, 2.75) is 32.4 Å². The average molecular weight is 319 g/mol. The van der Waals surface area contributed by atoms with Crippen molar-refractivity contribution in [1.82, 2.24) is 24.4 Å². The Hall–Kier alpha value is -2.53. The number of hydrogen-bond acceptors (Lipinski definition) is 4. The van der Waals surface area contributed by atoms with Crippen LogP contribution in [0.25, 0.3) is 5.82 Å². The average Bonchev–Trinajstić information content (AvgIpc) is 3.25. The van der Waals surface area contributed by atoms with Crippen LogP contribution in [0.15, 0.2) is 55.1 Å². The molecule has 0 bridgehead atoms. The Morgan fingerprint density at radius 2 is 2.04 bits per heavy atom. The Morgan fingerprint density at radius 1 is 1.17 bits per heavy atom. The second kappa shape index (κ2) is 6.53. The van der Waals surface area contributed by atoms with Crippen molar-refractivity contribution in [3.8, 4) is 5.82 Å². The van der Waals surface area contributed by atoms with Gasteiger partial charge in [-0.05, 0) is 31.9 Å². The van der Waals surface area contributed by atoms with Gasteiger partial charge in [-0.15, -0.1) is 0 Å². The summed E-state index contributed by atoms with van der Waals surface area (Å²) in [5.41, 5.74) is 2.40. The standard InChI is InChI=1S/C19H21N5/c1-15-21-9-11-24(15)19-13-20-12-17(22-19)18-8-5-10-23(18)14-16-6-3-2-4-7-16/h2-4,6-7,9,11-13,18H,5,8,10,14H2,1H3/t18-/m1/s1. The molecular weight excluding hydrogens is 298 g/mol. The Labute approximate surface area is 142 Å². The number of imidazole rings is 1. The van der Waals surface area contributed by atoms with E-state index in [1.807, 2.05) is 23.9 Å². The number of aryl methyl sites for hydroxylation is 1. The highest BCUT2D eigenvalue weighted by Crippen LogP contribution is 2.32. The lowest BCUT2D eigenvalue weighted by atomic mass is 10.1. The predicted octanol–water partition coefficient (Wildman–Crippen LogP) is 3.31. The molecule has 1 saturated heterocycles. The fourth-order valence-electron chi connectivity index (χ4n) is 3.44. The first-order valence-corrected chi connectivity index (χ1v) is 8.41. The molecule has 1 fully saturated rings. The van der Waals surface area contributed by atoms with E-state index in [0.717, 1.165) is 36.8 Å². The summed E-state index contributed by atoms with van der Waals surface area (Å²) in [7, 11) is 0. The summed E-state index contributed by atoms with van der Waals surface area (Å²) < 4.78 is 1.98. The Kier molecular flexibility index (Phi) is 4.09. The molecule has 1 atom stereocenters. The molecule has 0 amide bonds. The largest absolute Gasteiger partial charge is 0.290 e. The minimum atomic E-state index is 0.335. The molecule has 1 aliphatic rings. The summed E-state index contributed by atoms with van der Waals surface area (Å²) >= 11 is 0. The second-order valence-corrected chi connectivity index (χ2v) is 6.26. The lowest BCUT2D eigenvalue weighted by Gasteiger charge is -2.24. The normalized spacial score (nSPS) is 18.1. The molecule has 5 heteroatoms. The van der Waals surface area contributed by atoms with Crippen LogP contribution in [-0.2, 0) is 6.54 Å². The summed E-state index contributed by atoms with van der Waals surface area (Å²) in [6, 6.07) is 11.0. The highest BCUT2D eigenvalue weighted by atomic mass is 15.2. The summed E-state index contributed by atoms with van der Waals surface area (Å²) in [6.45, 7) is 4.04. The number of aromatic nitrogens is 4. The molecule has 3 aromatic rings. The van der Waals surface area contributed by atoms with E-state index in [0.29, 0.717) is 6.04 Å². The molecule has 3 heterocycles. The minimum Gasteiger partial charge on any atom is -0.290 e. The monoisotopic (exact) mass is 319 g/mol. The van der Waals surface area contributed by atoms with Crippen LogP contribution >= 0.6 is 0 Å². The van der Waals surface area contributed by atoms with Gasteiger partial charge in [0.05, 0.1) is 24.1 Å². The van der Waals surface area contributed by atoms with Crippen molar-refractivity contribution in [2.75, 3.05) is 6.54 Å². The third-order valence-corrected chi connectivity index (χ3v) is 4.65. The van der Waals surface area contributed by atoms with E-state index in [9.17, 15) is 0 Å². The van der Waals surface area contributed by atoms with Gasteiger partial charge in [0.1, 0.15) is 5.82 Å². The van der Waals surface area contributed by atoms with Gasteiger partial charge in [-0.25, -0.2) is 9.97 Å². The lowest BCUT2D eigenvalue weighted by molar-refractivity contribution is 0.244. The lowest BCUT2D eigenvalue weighted by Crippen LogP contribution is -2.24. The van der Waals surface area contributed by atoms with E-state index < -0.39 is 0 Å². The van der Waals surface area contributed by atoms with Gasteiger partial charge in [-0.2, -0.15) is 0 Å². The van der Waals surface area contributed by atoms with E-state index >= 15 is 0 Å². The fourth-order valence-corrected chi connectivity index (χ4v) is 3.44. The zero-order valence-electron chi connectivity index (χ0n) is 13.8. The van der Waals surface area contributed by atoms with Crippen molar-refractivity contribution in [2.24, 2.45) is 0 Å². The van der Waals surface area contributed by atoms with Crippen molar-refractivity contribution in [1.29, 1.82) is 0 Å². The first kappa shape index (κ1) is 15.0. The Balaban J connectivity index is 1.59. The molecule has 24 heavy (non-hydrogen) atoms. The fraction of sp³-hybridized carbons (Fsp3) is 0.316. The third kappa shape index (κ3) is 2.95. The number of benzene rings is 1. The van der Waals surface area contributed by atoms with Crippen LogP contribution in [0.5, 0.6) is 0 Å². The molecule has 4 rings (SSSR count). The number of rotatable bonds is 4. The summed E-state index contributed by atoms with van der Waals surface area (Å²) in [4.78, 5) is 16.1. The van der Waals surface area contributed by atoms with Crippen LogP contribution in [0.1, 0.15) is 36.0 Å². The smallest absolute Gasteiger partial charge is 0.156 e. The molecule has 122 valence electrons. The van der Waals surface area contributed by atoms with E-state index in [-0.39, 0.29) is 0 Å². The summed E-state index contributed by atoms with van der Waals surface area (Å²) in [6.07, 6.45) is 9.76. The van der Waals surface area contributed by atoms with E-state index in [4.69, 9.17) is 4.98 Å². The second-order valence-electron chi connectivity index (χ2n) is 6.26. The van der Waals surface area contributed by atoms with Crippen LogP contribution < -0.4 is 0 Å². The molecule has 0 spiro atoms. The van der Waals surface area contributed by atoms with E-state index in [1.54, 1.807) is 12.4 Å². The van der Waals surface area contributed by atoms with Gasteiger partial charge in [0.2, 0.25) is 0 Å². The molecule has 0 saturated carbocycles. The van der Waals surface area contributed by atoms with Crippen LogP contribution in [0, 0.1) is 6.92 Å². The number of hydrogen-bond donors (Lipinski definition) is 0. The van der Waals surface area contributed by atoms with E-state index in [2.05, 4.69) is 45.2 Å². The zero-order chi connectivity index (χ0) is 16.4. The van der Waals surface area contributed by atoms with Crippen molar-refractivity contribution < 1.29 is 0 Å². The minimum absolute atomic E-state index is 0.335. The van der Waals surface area contributed by atoms with Crippen molar-refractivity contribution in [3.63, 3.8) is 0 Å². The van der Waals surface area contributed by atoms with E-state index in [1.165, 1.54) is 12.0 Å². The van der Waals surface area contributed by atoms with Crippen molar-refractivity contribution >= 4 is 0 Å². The van der Waals surface area contributed by atoms with Gasteiger partial charge in [0, 0.05) is 18.9 Å². The quantitative estimate of drug-likeness (QED) is 0.740. The van der Waals surface area contributed by atoms with Gasteiger partial charge in [0.15, 0.2) is 5.82 Å².